The van der Waals surface area contributed by atoms with E-state index in [0.717, 1.165) is 11.3 Å². The molecule has 1 fully saturated rings. The third-order valence-electron chi connectivity index (χ3n) is 4.53. The highest BCUT2D eigenvalue weighted by Gasteiger charge is 2.33. The van der Waals surface area contributed by atoms with Crippen molar-refractivity contribution in [3.63, 3.8) is 0 Å². The highest BCUT2D eigenvalue weighted by molar-refractivity contribution is 5.28. The van der Waals surface area contributed by atoms with Gasteiger partial charge in [0, 0.05) is 26.4 Å². The van der Waals surface area contributed by atoms with E-state index in [0.29, 0.717) is 44.8 Å². The number of hydrogen-bond donors (Lipinski definition) is 1. The summed E-state index contributed by atoms with van der Waals surface area (Å²) in [4.78, 5) is 6.26. The summed E-state index contributed by atoms with van der Waals surface area (Å²) in [5.41, 5.74) is -0.0819. The zero-order valence-corrected chi connectivity index (χ0v) is 14.4. The molecule has 0 unspecified atom stereocenters. The molecule has 0 saturated carbocycles. The Morgan fingerprint density at radius 2 is 1.88 bits per heavy atom. The molecular weight excluding hydrogens is 349 g/mol. The van der Waals surface area contributed by atoms with Crippen LogP contribution in [0.5, 0.6) is 5.75 Å². The van der Waals surface area contributed by atoms with Crippen LogP contribution in [0.4, 0.5) is 13.2 Å². The van der Waals surface area contributed by atoms with Crippen LogP contribution < -0.4 is 4.74 Å². The second-order valence-corrected chi connectivity index (χ2v) is 6.71. The fourth-order valence-corrected chi connectivity index (χ4v) is 3.19. The quantitative estimate of drug-likeness (QED) is 0.874. The molecule has 2 aromatic rings. The number of nitrogens with zero attached hydrogens (tertiary/aromatic N) is 2. The Bertz CT molecular complexity index is 720. The molecule has 5 nitrogen and oxygen atoms in total. The molecule has 2 heterocycles. The molecule has 3 rings (SSSR count). The van der Waals surface area contributed by atoms with Crippen molar-refractivity contribution in [3.8, 4) is 5.75 Å². The minimum absolute atomic E-state index is 0.259. The molecule has 8 heteroatoms. The Balaban J connectivity index is 1.52. The highest BCUT2D eigenvalue weighted by atomic mass is 19.4. The molecular formula is C18H21F3N2O3. The first-order valence-electron chi connectivity index (χ1n) is 8.42. The second kappa shape index (κ2) is 7.28. The zero-order chi connectivity index (χ0) is 18.8. The van der Waals surface area contributed by atoms with Gasteiger partial charge in [0.05, 0.1) is 18.3 Å². The third kappa shape index (κ3) is 5.22. The van der Waals surface area contributed by atoms with E-state index >= 15 is 0 Å². The smallest absolute Gasteiger partial charge is 0.445 e. The van der Waals surface area contributed by atoms with E-state index < -0.39 is 12.0 Å². The maximum Gasteiger partial charge on any atom is 0.573 e. The molecule has 142 valence electrons. The second-order valence-electron chi connectivity index (χ2n) is 6.71. The van der Waals surface area contributed by atoms with E-state index in [1.165, 1.54) is 12.1 Å². The topological polar surface area (TPSA) is 58.7 Å². The van der Waals surface area contributed by atoms with E-state index in [9.17, 15) is 18.3 Å². The number of aliphatic hydroxyl groups is 1. The molecule has 1 aliphatic rings. The molecule has 1 aromatic heterocycles. The van der Waals surface area contributed by atoms with Crippen molar-refractivity contribution in [3.05, 3.63) is 47.7 Å². The molecule has 26 heavy (non-hydrogen) atoms. The largest absolute Gasteiger partial charge is 0.573 e. The predicted molar refractivity (Wildman–Crippen MR) is 87.5 cm³/mol. The van der Waals surface area contributed by atoms with Crippen LogP contribution in [0.3, 0.4) is 0 Å². The van der Waals surface area contributed by atoms with Crippen LogP contribution in [0, 0.1) is 6.92 Å². The maximum atomic E-state index is 12.2. The lowest BCUT2D eigenvalue weighted by Gasteiger charge is -2.38. The van der Waals surface area contributed by atoms with Gasteiger partial charge in [0.15, 0.2) is 5.89 Å². The number of benzene rings is 1. The van der Waals surface area contributed by atoms with Crippen molar-refractivity contribution in [2.75, 3.05) is 13.1 Å². The molecule has 1 aromatic carbocycles. The number of rotatable bonds is 5. The minimum atomic E-state index is -4.70. The number of likely N-dealkylation sites (tertiary alicyclic amines) is 1. The summed E-state index contributed by atoms with van der Waals surface area (Å²) >= 11 is 0. The monoisotopic (exact) mass is 370 g/mol. The molecule has 0 radical (unpaired) electrons. The normalized spacial score (nSPS) is 18.0. The molecule has 0 amide bonds. The van der Waals surface area contributed by atoms with Gasteiger partial charge in [-0.1, -0.05) is 12.1 Å². The van der Waals surface area contributed by atoms with Crippen molar-refractivity contribution in [2.24, 2.45) is 0 Å². The molecule has 1 aliphatic heterocycles. The van der Waals surface area contributed by atoms with E-state index in [1.54, 1.807) is 25.3 Å². The van der Waals surface area contributed by atoms with Gasteiger partial charge in [-0.25, -0.2) is 4.98 Å². The predicted octanol–water partition coefficient (Wildman–Crippen LogP) is 3.45. The Morgan fingerprint density at radius 1 is 1.23 bits per heavy atom. The van der Waals surface area contributed by atoms with Gasteiger partial charge in [0.25, 0.3) is 0 Å². The summed E-state index contributed by atoms with van der Waals surface area (Å²) in [6.07, 6.45) is -1.42. The molecule has 0 aliphatic carbocycles. The van der Waals surface area contributed by atoms with Crippen LogP contribution in [0.15, 0.2) is 34.9 Å². The van der Waals surface area contributed by atoms with Gasteiger partial charge in [-0.2, -0.15) is 0 Å². The van der Waals surface area contributed by atoms with Crippen LogP contribution in [0.25, 0.3) is 0 Å². The zero-order valence-electron chi connectivity index (χ0n) is 14.4. The third-order valence-corrected chi connectivity index (χ3v) is 4.53. The lowest BCUT2D eigenvalue weighted by Crippen LogP contribution is -2.45. The maximum absolute atomic E-state index is 12.2. The van der Waals surface area contributed by atoms with E-state index in [1.807, 2.05) is 0 Å². The van der Waals surface area contributed by atoms with Gasteiger partial charge >= 0.3 is 6.36 Å². The van der Waals surface area contributed by atoms with Crippen LogP contribution in [-0.2, 0) is 13.0 Å². The molecule has 1 N–H and O–H groups in total. The Labute approximate surface area is 149 Å². The van der Waals surface area contributed by atoms with Gasteiger partial charge in [0.2, 0.25) is 0 Å². The van der Waals surface area contributed by atoms with Crippen LogP contribution in [0.1, 0.15) is 30.1 Å². The van der Waals surface area contributed by atoms with Gasteiger partial charge in [-0.3, -0.25) is 4.90 Å². The van der Waals surface area contributed by atoms with Crippen molar-refractivity contribution >= 4 is 0 Å². The van der Waals surface area contributed by atoms with Crippen LogP contribution >= 0.6 is 0 Å². The van der Waals surface area contributed by atoms with Gasteiger partial charge in [-0.15, -0.1) is 13.2 Å². The van der Waals surface area contributed by atoms with Crippen molar-refractivity contribution in [1.82, 2.24) is 9.88 Å². The number of ether oxygens (including phenoxy) is 1. The molecule has 0 atom stereocenters. The average molecular weight is 370 g/mol. The lowest BCUT2D eigenvalue weighted by atomic mass is 9.85. The van der Waals surface area contributed by atoms with Crippen molar-refractivity contribution in [1.29, 1.82) is 0 Å². The number of aromatic nitrogens is 1. The first-order valence-corrected chi connectivity index (χ1v) is 8.42. The van der Waals surface area contributed by atoms with E-state index in [2.05, 4.69) is 14.6 Å². The first-order chi connectivity index (χ1) is 12.2. The molecule has 0 bridgehead atoms. The summed E-state index contributed by atoms with van der Waals surface area (Å²) in [6, 6.07) is 5.66. The Hall–Kier alpha value is -2.06. The first kappa shape index (κ1) is 18.7. The highest BCUT2D eigenvalue weighted by Crippen LogP contribution is 2.29. The number of hydrogen-bond acceptors (Lipinski definition) is 5. The molecule has 0 spiro atoms. The SMILES string of the molecule is Cc1ncc(CN2CCC(O)(Cc3ccc(OC(F)(F)F)cc3)CC2)o1. The number of halogens is 3. The Kier molecular flexibility index (Phi) is 5.24. The van der Waals surface area contributed by atoms with Crippen LogP contribution in [0.2, 0.25) is 0 Å². The van der Waals surface area contributed by atoms with Crippen molar-refractivity contribution in [2.45, 2.75) is 44.7 Å². The van der Waals surface area contributed by atoms with Gasteiger partial charge < -0.3 is 14.3 Å². The van der Waals surface area contributed by atoms with Crippen molar-refractivity contribution < 1.29 is 27.4 Å². The van der Waals surface area contributed by atoms with Crippen LogP contribution in [-0.4, -0.2) is 40.0 Å². The number of piperidine rings is 1. The van der Waals surface area contributed by atoms with E-state index in [4.69, 9.17) is 4.42 Å². The van der Waals surface area contributed by atoms with Gasteiger partial charge in [0.1, 0.15) is 11.5 Å². The summed E-state index contributed by atoms with van der Waals surface area (Å²) in [5, 5.41) is 10.8. The Morgan fingerprint density at radius 3 is 2.42 bits per heavy atom. The number of alkyl halides is 3. The fourth-order valence-electron chi connectivity index (χ4n) is 3.19. The number of aryl methyl sites for hydroxylation is 1. The minimum Gasteiger partial charge on any atom is -0.445 e. The number of oxazole rings is 1. The fraction of sp³-hybridized carbons (Fsp3) is 0.500. The van der Waals surface area contributed by atoms with E-state index in [-0.39, 0.29) is 5.75 Å². The van der Waals surface area contributed by atoms with Gasteiger partial charge in [-0.05, 0) is 30.5 Å². The lowest BCUT2D eigenvalue weighted by molar-refractivity contribution is -0.274. The standard InChI is InChI=1S/C18H21F3N2O3/c1-13-22-11-16(25-13)12-23-8-6-17(24,7-9-23)10-14-2-4-15(5-3-14)26-18(19,20)21/h2-5,11,24H,6-10,12H2,1H3. The summed E-state index contributed by atoms with van der Waals surface area (Å²) in [5.74, 6) is 1.17. The summed E-state index contributed by atoms with van der Waals surface area (Å²) < 4.78 is 45.9. The summed E-state index contributed by atoms with van der Waals surface area (Å²) in [7, 11) is 0. The average Bonchev–Trinajstić information content (AvgIpc) is 2.95. The molecule has 1 saturated heterocycles. The summed E-state index contributed by atoms with van der Waals surface area (Å²) in [6.45, 7) is 3.88.